The first kappa shape index (κ1) is 9.25. The number of benzene rings is 1. The fourth-order valence-corrected chi connectivity index (χ4v) is 1.84. The third kappa shape index (κ3) is 1.22. The lowest BCUT2D eigenvalue weighted by atomic mass is 10.1. The summed E-state index contributed by atoms with van der Waals surface area (Å²) in [5, 5.41) is 0. The Morgan fingerprint density at radius 3 is 2.43 bits per heavy atom. The van der Waals surface area contributed by atoms with Crippen LogP contribution in [0.25, 0.3) is 11.0 Å². The Morgan fingerprint density at radius 1 is 1.14 bits per heavy atom. The zero-order valence-electron chi connectivity index (χ0n) is 9.20. The molecule has 0 spiro atoms. The van der Waals surface area contributed by atoms with E-state index in [2.05, 4.69) is 49.4 Å². The molecule has 14 heavy (non-hydrogen) atoms. The maximum atomic E-state index is 4.46. The van der Waals surface area contributed by atoms with Gasteiger partial charge in [0.1, 0.15) is 0 Å². The molecule has 0 aliphatic heterocycles. The predicted octanol–water partition coefficient (Wildman–Crippen LogP) is 3.23. The zero-order valence-corrected chi connectivity index (χ0v) is 9.20. The van der Waals surface area contributed by atoms with E-state index in [0.29, 0.717) is 6.04 Å². The highest BCUT2D eigenvalue weighted by Crippen LogP contribution is 2.23. The standard InChI is InChI=1S/C12H16N2/c1-8(2)14-7-13-11-9(3)5-6-10(4)12(11)14/h5-8H,1-4H3. The Balaban J connectivity index is 2.84. The molecule has 2 aromatic rings. The molecule has 0 fully saturated rings. The Hall–Kier alpha value is -1.31. The quantitative estimate of drug-likeness (QED) is 0.671. The van der Waals surface area contributed by atoms with Crippen LogP contribution < -0.4 is 0 Å². The minimum Gasteiger partial charge on any atom is -0.328 e. The van der Waals surface area contributed by atoms with Gasteiger partial charge in [-0.2, -0.15) is 0 Å². The van der Waals surface area contributed by atoms with Crippen LogP contribution in [0.2, 0.25) is 0 Å². The van der Waals surface area contributed by atoms with E-state index >= 15 is 0 Å². The normalized spacial score (nSPS) is 11.5. The van der Waals surface area contributed by atoms with Crippen LogP contribution in [-0.2, 0) is 0 Å². The molecule has 2 rings (SSSR count). The number of nitrogens with zero attached hydrogens (tertiary/aromatic N) is 2. The second-order valence-electron chi connectivity index (χ2n) is 4.14. The number of rotatable bonds is 1. The van der Waals surface area contributed by atoms with Crippen molar-refractivity contribution in [3.05, 3.63) is 29.6 Å². The van der Waals surface area contributed by atoms with E-state index < -0.39 is 0 Å². The second kappa shape index (κ2) is 3.12. The molecule has 0 saturated heterocycles. The van der Waals surface area contributed by atoms with Crippen molar-refractivity contribution in [2.45, 2.75) is 33.7 Å². The lowest BCUT2D eigenvalue weighted by molar-refractivity contribution is 0.616. The van der Waals surface area contributed by atoms with Gasteiger partial charge in [-0.3, -0.25) is 0 Å². The van der Waals surface area contributed by atoms with Crippen molar-refractivity contribution in [2.24, 2.45) is 0 Å². The summed E-state index contributed by atoms with van der Waals surface area (Å²) in [6.07, 6.45) is 1.94. The van der Waals surface area contributed by atoms with Gasteiger partial charge in [0.05, 0.1) is 17.4 Å². The average Bonchev–Trinajstić information content (AvgIpc) is 2.56. The molecular weight excluding hydrogens is 172 g/mol. The van der Waals surface area contributed by atoms with Gasteiger partial charge in [0, 0.05) is 6.04 Å². The van der Waals surface area contributed by atoms with E-state index in [-0.39, 0.29) is 0 Å². The molecule has 0 N–H and O–H groups in total. The number of fused-ring (bicyclic) bond motifs is 1. The number of hydrogen-bond acceptors (Lipinski definition) is 1. The summed E-state index contributed by atoms with van der Waals surface area (Å²) in [4.78, 5) is 4.46. The third-order valence-electron chi connectivity index (χ3n) is 2.68. The summed E-state index contributed by atoms with van der Waals surface area (Å²) in [5.41, 5.74) is 4.97. The van der Waals surface area contributed by atoms with Crippen molar-refractivity contribution in [3.8, 4) is 0 Å². The molecule has 1 heterocycles. The molecule has 0 unspecified atom stereocenters. The van der Waals surface area contributed by atoms with Crippen LogP contribution in [0.5, 0.6) is 0 Å². The molecule has 2 nitrogen and oxygen atoms in total. The topological polar surface area (TPSA) is 17.8 Å². The average molecular weight is 188 g/mol. The first-order chi connectivity index (χ1) is 6.61. The van der Waals surface area contributed by atoms with E-state index in [9.17, 15) is 0 Å². The minimum atomic E-state index is 0.473. The van der Waals surface area contributed by atoms with E-state index in [1.807, 2.05) is 6.33 Å². The second-order valence-corrected chi connectivity index (χ2v) is 4.14. The molecule has 0 bridgehead atoms. The summed E-state index contributed by atoms with van der Waals surface area (Å²) >= 11 is 0. The van der Waals surface area contributed by atoms with Crippen molar-refractivity contribution < 1.29 is 0 Å². The molecule has 1 aromatic heterocycles. The van der Waals surface area contributed by atoms with E-state index in [1.54, 1.807) is 0 Å². The first-order valence-corrected chi connectivity index (χ1v) is 5.04. The molecule has 74 valence electrons. The maximum Gasteiger partial charge on any atom is 0.0960 e. The lowest BCUT2D eigenvalue weighted by Crippen LogP contribution is -1.99. The van der Waals surface area contributed by atoms with Crippen LogP contribution in [0.4, 0.5) is 0 Å². The van der Waals surface area contributed by atoms with Gasteiger partial charge in [-0.25, -0.2) is 4.98 Å². The van der Waals surface area contributed by atoms with Gasteiger partial charge in [0.15, 0.2) is 0 Å². The molecule has 1 aromatic carbocycles. The molecule has 0 amide bonds. The van der Waals surface area contributed by atoms with Crippen molar-refractivity contribution in [2.75, 3.05) is 0 Å². The Bertz CT molecular complexity index is 466. The summed E-state index contributed by atoms with van der Waals surface area (Å²) in [6, 6.07) is 4.77. The van der Waals surface area contributed by atoms with Crippen molar-refractivity contribution in [1.82, 2.24) is 9.55 Å². The highest BCUT2D eigenvalue weighted by Gasteiger charge is 2.09. The Labute approximate surface area is 84.6 Å². The summed E-state index contributed by atoms with van der Waals surface area (Å²) in [7, 11) is 0. The van der Waals surface area contributed by atoms with Crippen molar-refractivity contribution in [1.29, 1.82) is 0 Å². The van der Waals surface area contributed by atoms with E-state index in [0.717, 1.165) is 5.52 Å². The van der Waals surface area contributed by atoms with Gasteiger partial charge in [0.2, 0.25) is 0 Å². The van der Waals surface area contributed by atoms with Crippen LogP contribution in [-0.4, -0.2) is 9.55 Å². The first-order valence-electron chi connectivity index (χ1n) is 5.04. The summed E-state index contributed by atoms with van der Waals surface area (Å²) in [5.74, 6) is 0. The number of aromatic nitrogens is 2. The van der Waals surface area contributed by atoms with E-state index in [4.69, 9.17) is 0 Å². The van der Waals surface area contributed by atoms with Gasteiger partial charge in [-0.15, -0.1) is 0 Å². The fraction of sp³-hybridized carbons (Fsp3) is 0.417. The van der Waals surface area contributed by atoms with Crippen LogP contribution in [0.1, 0.15) is 31.0 Å². The third-order valence-corrected chi connectivity index (χ3v) is 2.68. The van der Waals surface area contributed by atoms with Crippen LogP contribution in [0.3, 0.4) is 0 Å². The number of aryl methyl sites for hydroxylation is 2. The minimum absolute atomic E-state index is 0.473. The van der Waals surface area contributed by atoms with Gasteiger partial charge in [-0.1, -0.05) is 12.1 Å². The molecule has 0 radical (unpaired) electrons. The van der Waals surface area contributed by atoms with Crippen LogP contribution in [0, 0.1) is 13.8 Å². The molecule has 0 aliphatic rings. The van der Waals surface area contributed by atoms with Crippen molar-refractivity contribution in [3.63, 3.8) is 0 Å². The maximum absolute atomic E-state index is 4.46. The molecule has 0 saturated carbocycles. The van der Waals surface area contributed by atoms with Gasteiger partial charge in [-0.05, 0) is 38.8 Å². The molecule has 0 aliphatic carbocycles. The van der Waals surface area contributed by atoms with Gasteiger partial charge < -0.3 is 4.57 Å². The zero-order chi connectivity index (χ0) is 10.3. The van der Waals surface area contributed by atoms with E-state index in [1.165, 1.54) is 16.6 Å². The van der Waals surface area contributed by atoms with Crippen molar-refractivity contribution >= 4 is 11.0 Å². The smallest absolute Gasteiger partial charge is 0.0960 e. The molecule has 0 atom stereocenters. The largest absolute Gasteiger partial charge is 0.328 e. The van der Waals surface area contributed by atoms with Crippen LogP contribution >= 0.6 is 0 Å². The van der Waals surface area contributed by atoms with Crippen LogP contribution in [0.15, 0.2) is 18.5 Å². The molecular formula is C12H16N2. The predicted molar refractivity (Wildman–Crippen MR) is 59.6 cm³/mol. The fourth-order valence-electron chi connectivity index (χ4n) is 1.84. The van der Waals surface area contributed by atoms with Gasteiger partial charge >= 0.3 is 0 Å². The lowest BCUT2D eigenvalue weighted by Gasteiger charge is -2.10. The Morgan fingerprint density at radius 2 is 1.79 bits per heavy atom. The summed E-state index contributed by atoms with van der Waals surface area (Å²) < 4.78 is 2.23. The highest BCUT2D eigenvalue weighted by atomic mass is 15.1. The monoisotopic (exact) mass is 188 g/mol. The van der Waals surface area contributed by atoms with Gasteiger partial charge in [0.25, 0.3) is 0 Å². The highest BCUT2D eigenvalue weighted by molar-refractivity contribution is 5.82. The molecule has 2 heteroatoms. The summed E-state index contributed by atoms with van der Waals surface area (Å²) in [6.45, 7) is 8.62. The number of imidazole rings is 1. The SMILES string of the molecule is Cc1ccc(C)c2c1ncn2C(C)C. The Kier molecular flexibility index (Phi) is 2.06. The number of hydrogen-bond donors (Lipinski definition) is 0.